The van der Waals surface area contributed by atoms with Gasteiger partial charge in [0.2, 0.25) is 5.95 Å². The van der Waals surface area contributed by atoms with Crippen LogP contribution < -0.4 is 5.43 Å². The molecule has 68 valence electrons. The minimum absolute atomic E-state index is 0.631. The summed E-state index contributed by atoms with van der Waals surface area (Å²) >= 11 is 0. The van der Waals surface area contributed by atoms with Crippen LogP contribution in [0.4, 0.5) is 5.95 Å². The Morgan fingerprint density at radius 3 is 3.14 bits per heavy atom. The highest BCUT2D eigenvalue weighted by atomic mass is 15.4. The van der Waals surface area contributed by atoms with Crippen molar-refractivity contribution in [2.45, 2.75) is 0 Å². The van der Waals surface area contributed by atoms with Crippen molar-refractivity contribution in [2.24, 2.45) is 5.10 Å². The molecule has 0 saturated carbocycles. The first-order chi connectivity index (χ1) is 6.95. The molecule has 0 radical (unpaired) electrons. The first-order valence-electron chi connectivity index (χ1n) is 4.24. The lowest BCUT2D eigenvalue weighted by atomic mass is 10.2. The van der Waals surface area contributed by atoms with E-state index in [1.165, 1.54) is 0 Å². The Hall–Kier alpha value is -2.17. The van der Waals surface area contributed by atoms with Crippen LogP contribution in [0.2, 0.25) is 0 Å². The summed E-state index contributed by atoms with van der Waals surface area (Å²) in [4.78, 5) is 0. The van der Waals surface area contributed by atoms with Crippen molar-refractivity contribution in [3.05, 3.63) is 36.2 Å². The van der Waals surface area contributed by atoms with Crippen molar-refractivity contribution in [1.29, 1.82) is 0 Å². The topological polar surface area (TPSA) is 55.1 Å². The van der Waals surface area contributed by atoms with Gasteiger partial charge in [-0.2, -0.15) is 5.10 Å². The highest BCUT2D eigenvalue weighted by molar-refractivity contribution is 5.86. The molecule has 2 aromatic rings. The standard InChI is InChI=1S/C9H7N5/c1-2-4-8-7(3-1)5-10-12-9-13-11-6-14(8)9/h1-6H,(H,12,13). The molecule has 0 atom stereocenters. The Balaban J connectivity index is 2.34. The third-order valence-corrected chi connectivity index (χ3v) is 2.11. The largest absolute Gasteiger partial charge is 0.266 e. The molecular formula is C9H7N5. The van der Waals surface area contributed by atoms with Crippen molar-refractivity contribution in [3.8, 4) is 5.69 Å². The summed E-state index contributed by atoms with van der Waals surface area (Å²) in [7, 11) is 0. The van der Waals surface area contributed by atoms with Crippen molar-refractivity contribution < 1.29 is 0 Å². The van der Waals surface area contributed by atoms with Crippen molar-refractivity contribution >= 4 is 12.2 Å². The number of para-hydroxylation sites is 1. The van der Waals surface area contributed by atoms with Gasteiger partial charge in [-0.3, -0.25) is 4.57 Å². The number of nitrogens with one attached hydrogen (secondary N) is 1. The van der Waals surface area contributed by atoms with Gasteiger partial charge in [0, 0.05) is 5.56 Å². The molecule has 3 rings (SSSR count). The van der Waals surface area contributed by atoms with E-state index in [9.17, 15) is 0 Å². The Morgan fingerprint density at radius 1 is 1.21 bits per heavy atom. The van der Waals surface area contributed by atoms with Gasteiger partial charge in [-0.05, 0) is 6.07 Å². The number of nitrogens with zero attached hydrogens (tertiary/aromatic N) is 4. The third kappa shape index (κ3) is 0.922. The third-order valence-electron chi connectivity index (χ3n) is 2.11. The van der Waals surface area contributed by atoms with Crippen molar-refractivity contribution in [2.75, 3.05) is 5.43 Å². The maximum absolute atomic E-state index is 4.03. The van der Waals surface area contributed by atoms with Crippen molar-refractivity contribution in [1.82, 2.24) is 14.8 Å². The zero-order valence-corrected chi connectivity index (χ0v) is 7.25. The molecule has 0 spiro atoms. The fraction of sp³-hybridized carbons (Fsp3) is 0. The monoisotopic (exact) mass is 185 g/mol. The second-order valence-electron chi connectivity index (χ2n) is 2.95. The molecule has 0 bridgehead atoms. The van der Waals surface area contributed by atoms with Gasteiger partial charge in [0.25, 0.3) is 0 Å². The van der Waals surface area contributed by atoms with Gasteiger partial charge >= 0.3 is 0 Å². The molecular weight excluding hydrogens is 178 g/mol. The van der Waals surface area contributed by atoms with Crippen LogP contribution in [0.15, 0.2) is 35.7 Å². The quantitative estimate of drug-likeness (QED) is 0.666. The number of hydrogen-bond acceptors (Lipinski definition) is 4. The summed E-state index contributed by atoms with van der Waals surface area (Å²) in [6.07, 6.45) is 3.43. The molecule has 2 heterocycles. The van der Waals surface area contributed by atoms with E-state index in [2.05, 4.69) is 20.7 Å². The predicted molar refractivity (Wildman–Crippen MR) is 52.6 cm³/mol. The highest BCUT2D eigenvalue weighted by Crippen LogP contribution is 2.18. The lowest BCUT2D eigenvalue weighted by Crippen LogP contribution is -1.98. The minimum Gasteiger partial charge on any atom is -0.266 e. The lowest BCUT2D eigenvalue weighted by Gasteiger charge is -2.04. The Bertz CT molecular complexity index is 499. The second-order valence-corrected chi connectivity index (χ2v) is 2.95. The van der Waals surface area contributed by atoms with Gasteiger partial charge in [0.1, 0.15) is 6.33 Å². The van der Waals surface area contributed by atoms with Gasteiger partial charge in [-0.25, -0.2) is 5.43 Å². The summed E-state index contributed by atoms with van der Waals surface area (Å²) < 4.78 is 1.86. The number of hydrogen-bond donors (Lipinski definition) is 1. The van der Waals surface area contributed by atoms with Gasteiger partial charge in [-0.1, -0.05) is 18.2 Å². The van der Waals surface area contributed by atoms with Crippen LogP contribution in [-0.4, -0.2) is 21.0 Å². The lowest BCUT2D eigenvalue weighted by molar-refractivity contribution is 1.05. The molecule has 1 aliphatic rings. The molecule has 0 amide bonds. The van der Waals surface area contributed by atoms with Gasteiger partial charge < -0.3 is 0 Å². The van der Waals surface area contributed by atoms with Crippen LogP contribution >= 0.6 is 0 Å². The molecule has 1 N–H and O–H groups in total. The average molecular weight is 185 g/mol. The maximum atomic E-state index is 4.03. The van der Waals surface area contributed by atoms with E-state index >= 15 is 0 Å². The Kier molecular flexibility index (Phi) is 1.38. The van der Waals surface area contributed by atoms with Crippen LogP contribution in [-0.2, 0) is 0 Å². The van der Waals surface area contributed by atoms with Crippen LogP contribution in [0.3, 0.4) is 0 Å². The fourth-order valence-corrected chi connectivity index (χ4v) is 1.46. The summed E-state index contributed by atoms with van der Waals surface area (Å²) in [6.45, 7) is 0. The summed E-state index contributed by atoms with van der Waals surface area (Å²) in [6, 6.07) is 7.94. The van der Waals surface area contributed by atoms with Crippen LogP contribution in [0.5, 0.6) is 0 Å². The predicted octanol–water partition coefficient (Wildman–Crippen LogP) is 1.03. The number of benzene rings is 1. The summed E-state index contributed by atoms with van der Waals surface area (Å²) in [5.74, 6) is 0.631. The molecule has 1 aliphatic heterocycles. The summed E-state index contributed by atoms with van der Waals surface area (Å²) in [5.41, 5.74) is 4.88. The van der Waals surface area contributed by atoms with Crippen LogP contribution in [0, 0.1) is 0 Å². The Morgan fingerprint density at radius 2 is 2.14 bits per heavy atom. The molecule has 5 nitrogen and oxygen atoms in total. The van der Waals surface area contributed by atoms with E-state index in [1.54, 1.807) is 12.5 Å². The molecule has 1 aromatic carbocycles. The second kappa shape index (κ2) is 2.66. The summed E-state index contributed by atoms with van der Waals surface area (Å²) in [5, 5.41) is 11.8. The molecule has 5 heteroatoms. The Labute approximate surface area is 80.1 Å². The fourth-order valence-electron chi connectivity index (χ4n) is 1.46. The molecule has 0 unspecified atom stereocenters. The van der Waals surface area contributed by atoms with Crippen LogP contribution in [0.1, 0.15) is 5.56 Å². The zero-order chi connectivity index (χ0) is 9.38. The highest BCUT2D eigenvalue weighted by Gasteiger charge is 2.10. The van der Waals surface area contributed by atoms with Crippen molar-refractivity contribution in [3.63, 3.8) is 0 Å². The molecule has 0 saturated heterocycles. The molecule has 0 aliphatic carbocycles. The van der Waals surface area contributed by atoms with E-state index in [4.69, 9.17) is 0 Å². The zero-order valence-electron chi connectivity index (χ0n) is 7.25. The normalized spacial score (nSPS) is 12.6. The van der Waals surface area contributed by atoms with Gasteiger partial charge in [0.05, 0.1) is 11.9 Å². The maximum Gasteiger partial charge on any atom is 0.249 e. The minimum atomic E-state index is 0.631. The van der Waals surface area contributed by atoms with E-state index in [-0.39, 0.29) is 0 Å². The number of aromatic nitrogens is 3. The van der Waals surface area contributed by atoms with Gasteiger partial charge in [-0.15, -0.1) is 10.2 Å². The number of rotatable bonds is 0. The number of fused-ring (bicyclic) bond motifs is 3. The first kappa shape index (κ1) is 7.25. The molecule has 1 aromatic heterocycles. The van der Waals surface area contributed by atoms with E-state index in [0.29, 0.717) is 5.95 Å². The van der Waals surface area contributed by atoms with E-state index in [0.717, 1.165) is 11.3 Å². The van der Waals surface area contributed by atoms with Crippen LogP contribution in [0.25, 0.3) is 5.69 Å². The first-order valence-corrected chi connectivity index (χ1v) is 4.24. The average Bonchev–Trinajstić information content (AvgIpc) is 2.61. The number of anilines is 1. The smallest absolute Gasteiger partial charge is 0.249 e. The SMILES string of the molecule is C1=NNc2nncn2-c2ccccc21. The van der Waals surface area contributed by atoms with Gasteiger partial charge in [0.15, 0.2) is 0 Å². The molecule has 14 heavy (non-hydrogen) atoms. The number of hydrazone groups is 1. The molecule has 0 fully saturated rings. The van der Waals surface area contributed by atoms with E-state index in [1.807, 2.05) is 28.8 Å². The van der Waals surface area contributed by atoms with E-state index < -0.39 is 0 Å².